The number of amides is 9. The van der Waals surface area contributed by atoms with E-state index < -0.39 is 78.5 Å². The smallest absolute Gasteiger partial charge is 0.281 e. The lowest BCUT2D eigenvalue weighted by Crippen LogP contribution is -2.54. The number of carbonyl (C=O) groups excluding carboxylic acids is 9. The molecule has 2 atom stereocenters. The average Bonchev–Trinajstić information content (AvgIpc) is 3.55. The van der Waals surface area contributed by atoms with Crippen molar-refractivity contribution < 1.29 is 62.2 Å². The number of fused-ring (bicyclic) bond motifs is 2. The van der Waals surface area contributed by atoms with E-state index in [0.717, 1.165) is 4.90 Å². The molecule has 0 aliphatic carbocycles. The van der Waals surface area contributed by atoms with Gasteiger partial charge in [-0.25, -0.2) is 5.48 Å². The summed E-state index contributed by atoms with van der Waals surface area (Å²) in [6.45, 7) is 3.11. The first-order valence-corrected chi connectivity index (χ1v) is 16.8. The van der Waals surface area contributed by atoms with Crippen LogP contribution < -0.4 is 30.9 Å². The molecule has 0 saturated carbocycles. The molecule has 0 aromatic heterocycles. The number of rotatable bonds is 15. The zero-order chi connectivity index (χ0) is 38.5. The van der Waals surface area contributed by atoms with Crippen LogP contribution in [0.5, 0.6) is 11.5 Å². The van der Waals surface area contributed by atoms with Gasteiger partial charge in [0.1, 0.15) is 23.6 Å². The Hall–Kier alpha value is -6.47. The largest absolute Gasteiger partial charge is 0.483 e. The maximum atomic E-state index is 13.3. The molecule has 19 nitrogen and oxygen atoms in total. The summed E-state index contributed by atoms with van der Waals surface area (Å²) in [6.07, 6.45) is 0.208. The van der Waals surface area contributed by atoms with Gasteiger partial charge < -0.3 is 19.5 Å². The van der Waals surface area contributed by atoms with E-state index in [1.54, 1.807) is 12.1 Å². The number of carbonyl (C=O) groups is 9. The number of piperidine rings is 2. The fraction of sp³-hybridized carbons (Fsp3) is 0.343. The van der Waals surface area contributed by atoms with Crippen molar-refractivity contribution in [1.82, 2.24) is 31.2 Å². The molecule has 2 saturated heterocycles. The van der Waals surface area contributed by atoms with E-state index in [1.165, 1.54) is 29.2 Å². The van der Waals surface area contributed by atoms with Crippen molar-refractivity contribution >= 4 is 58.9 Å². The van der Waals surface area contributed by atoms with E-state index in [1.807, 2.05) is 0 Å². The lowest BCUT2D eigenvalue weighted by Gasteiger charge is -2.30. The molecule has 2 aromatic carbocycles. The molecule has 6 rings (SSSR count). The Morgan fingerprint density at radius 1 is 0.704 bits per heavy atom. The zero-order valence-electron chi connectivity index (χ0n) is 28.6. The number of hydrogen-bond acceptors (Lipinski definition) is 13. The van der Waals surface area contributed by atoms with Crippen molar-refractivity contribution in [2.75, 3.05) is 39.6 Å². The molecule has 4 N–H and O–H groups in total. The van der Waals surface area contributed by atoms with Gasteiger partial charge in [0.05, 0.1) is 36.5 Å². The summed E-state index contributed by atoms with van der Waals surface area (Å²) in [5, 5.41) is 6.93. The zero-order valence-corrected chi connectivity index (χ0v) is 28.6. The normalized spacial score (nSPS) is 19.3. The molecule has 2 fully saturated rings. The van der Waals surface area contributed by atoms with Crippen LogP contribution in [0, 0.1) is 0 Å². The Balaban J connectivity index is 0.862. The highest BCUT2D eigenvalue weighted by Gasteiger charge is 2.46. The van der Waals surface area contributed by atoms with Gasteiger partial charge in [-0.3, -0.25) is 68.4 Å². The van der Waals surface area contributed by atoms with Crippen LogP contribution in [0.25, 0.3) is 5.70 Å². The Kier molecular flexibility index (Phi) is 11.1. The monoisotopic (exact) mass is 746 g/mol. The van der Waals surface area contributed by atoms with Crippen LogP contribution in [0.3, 0.4) is 0 Å². The minimum Gasteiger partial charge on any atom is -0.483 e. The van der Waals surface area contributed by atoms with Gasteiger partial charge in [-0.1, -0.05) is 24.8 Å². The van der Waals surface area contributed by atoms with E-state index in [4.69, 9.17) is 19.0 Å². The second-order valence-corrected chi connectivity index (χ2v) is 12.3. The Bertz CT molecular complexity index is 1840. The third-order valence-corrected chi connectivity index (χ3v) is 8.81. The van der Waals surface area contributed by atoms with Gasteiger partial charge in [-0.15, -0.1) is 0 Å². The first-order chi connectivity index (χ1) is 26.0. The Morgan fingerprint density at radius 3 is 1.89 bits per heavy atom. The highest BCUT2D eigenvalue weighted by molar-refractivity contribution is 6.24. The molecular weight excluding hydrogens is 712 g/mol. The first kappa shape index (κ1) is 37.3. The van der Waals surface area contributed by atoms with E-state index in [0.29, 0.717) is 5.56 Å². The third-order valence-electron chi connectivity index (χ3n) is 8.81. The number of ether oxygens (including phenoxy) is 3. The van der Waals surface area contributed by atoms with Crippen LogP contribution in [0.15, 0.2) is 43.0 Å². The molecular formula is C35H34N6O13. The maximum absolute atomic E-state index is 13.3. The fourth-order valence-corrected chi connectivity index (χ4v) is 6.31. The molecule has 0 bridgehead atoms. The molecule has 0 spiro atoms. The summed E-state index contributed by atoms with van der Waals surface area (Å²) in [5.41, 5.74) is 2.99. The number of benzene rings is 2. The summed E-state index contributed by atoms with van der Waals surface area (Å²) < 4.78 is 16.5. The Morgan fingerprint density at radius 2 is 1.26 bits per heavy atom. The van der Waals surface area contributed by atoms with Gasteiger partial charge >= 0.3 is 0 Å². The fourth-order valence-electron chi connectivity index (χ4n) is 6.31. The molecule has 4 aliphatic rings. The van der Waals surface area contributed by atoms with Gasteiger partial charge in [0.2, 0.25) is 23.6 Å². The van der Waals surface area contributed by atoms with Gasteiger partial charge in [0.15, 0.2) is 13.2 Å². The number of hydroxylamine groups is 1. The predicted octanol–water partition coefficient (Wildman–Crippen LogP) is -1.04. The number of hydrogen-bond donors (Lipinski definition) is 4. The second kappa shape index (κ2) is 16.0. The summed E-state index contributed by atoms with van der Waals surface area (Å²) in [5.74, 6) is -5.36. The van der Waals surface area contributed by atoms with E-state index >= 15 is 0 Å². The Labute approximate surface area is 306 Å². The SMILES string of the molecule is C=C1c2cccc(OCC(=O)NOCCOCCNC(=O)COc3cccc4c3C(=O)N(C3CCC(=O)NC3=O)C4=O)c2C(=O)N1C1CCC(=O)NC1=O. The van der Waals surface area contributed by atoms with E-state index in [2.05, 4.69) is 28.0 Å². The molecule has 54 heavy (non-hydrogen) atoms. The van der Waals surface area contributed by atoms with Crippen molar-refractivity contribution in [2.24, 2.45) is 0 Å². The van der Waals surface area contributed by atoms with Crippen LogP contribution in [-0.4, -0.2) is 115 Å². The third kappa shape index (κ3) is 7.66. The molecule has 4 heterocycles. The molecule has 2 unspecified atom stereocenters. The summed E-state index contributed by atoms with van der Waals surface area (Å²) >= 11 is 0. The highest BCUT2D eigenvalue weighted by atomic mass is 16.7. The molecule has 282 valence electrons. The second-order valence-electron chi connectivity index (χ2n) is 12.3. The summed E-state index contributed by atoms with van der Waals surface area (Å²) in [6, 6.07) is 7.02. The molecule has 9 amide bonds. The minimum absolute atomic E-state index is 0.00130. The van der Waals surface area contributed by atoms with Crippen molar-refractivity contribution in [3.05, 3.63) is 65.2 Å². The van der Waals surface area contributed by atoms with Crippen molar-refractivity contribution in [1.29, 1.82) is 0 Å². The first-order valence-electron chi connectivity index (χ1n) is 16.8. The number of imide groups is 3. The molecule has 0 radical (unpaired) electrons. The number of nitrogens with zero attached hydrogens (tertiary/aromatic N) is 2. The van der Waals surface area contributed by atoms with Gasteiger partial charge in [-0.05, 0) is 31.0 Å². The quantitative estimate of drug-likeness (QED) is 0.0968. The lowest BCUT2D eigenvalue weighted by atomic mass is 10.0. The molecule has 4 aliphatic heterocycles. The minimum atomic E-state index is -1.14. The average molecular weight is 747 g/mol. The predicted molar refractivity (Wildman–Crippen MR) is 180 cm³/mol. The van der Waals surface area contributed by atoms with Crippen molar-refractivity contribution in [3.63, 3.8) is 0 Å². The lowest BCUT2D eigenvalue weighted by molar-refractivity contribution is -0.137. The summed E-state index contributed by atoms with van der Waals surface area (Å²) in [7, 11) is 0. The summed E-state index contributed by atoms with van der Waals surface area (Å²) in [4.78, 5) is 119. The van der Waals surface area contributed by atoms with Crippen LogP contribution in [-0.2, 0) is 38.3 Å². The van der Waals surface area contributed by atoms with Gasteiger partial charge in [0, 0.05) is 30.6 Å². The van der Waals surface area contributed by atoms with Crippen LogP contribution >= 0.6 is 0 Å². The van der Waals surface area contributed by atoms with E-state index in [-0.39, 0.29) is 85.9 Å². The van der Waals surface area contributed by atoms with Crippen LogP contribution in [0.1, 0.15) is 62.3 Å². The topological polar surface area (TPSA) is 245 Å². The highest BCUT2D eigenvalue weighted by Crippen LogP contribution is 2.39. The van der Waals surface area contributed by atoms with E-state index in [9.17, 15) is 43.2 Å². The van der Waals surface area contributed by atoms with Gasteiger partial charge in [0.25, 0.3) is 29.5 Å². The van der Waals surface area contributed by atoms with Crippen molar-refractivity contribution in [2.45, 2.75) is 37.8 Å². The molecule has 19 heteroatoms. The standard InChI is InChI=1S/C35H34N6O13/c1-18-19-4-2-6-23(29(19)34(49)40(18)21-8-10-25(42)37-31(21)46)53-17-28(45)39-54-15-14-51-13-12-36-27(44)16-52-24-7-3-5-20-30(24)35(50)41(33(20)48)22-9-11-26(43)38-32(22)47/h2-7,21-22H,1,8-17H2,(H,36,44)(H,39,45)(H,37,42,46)(H,38,43,47). The number of nitrogens with one attached hydrogen (secondary N) is 4. The van der Waals surface area contributed by atoms with Gasteiger partial charge in [-0.2, -0.15) is 0 Å². The van der Waals surface area contributed by atoms with Crippen LogP contribution in [0.4, 0.5) is 0 Å². The van der Waals surface area contributed by atoms with Crippen molar-refractivity contribution in [3.8, 4) is 11.5 Å². The van der Waals surface area contributed by atoms with Crippen LogP contribution in [0.2, 0.25) is 0 Å². The maximum Gasteiger partial charge on any atom is 0.281 e. The molecule has 2 aromatic rings.